The summed E-state index contributed by atoms with van der Waals surface area (Å²) in [5.74, 6) is -0.130. The highest BCUT2D eigenvalue weighted by atomic mass is 32.2. The Morgan fingerprint density at radius 1 is 1.19 bits per heavy atom. The average molecular weight is 399 g/mol. The van der Waals surface area contributed by atoms with E-state index in [2.05, 4.69) is 0 Å². The van der Waals surface area contributed by atoms with E-state index in [0.717, 1.165) is 18.9 Å². The Balaban J connectivity index is 1.80. The second kappa shape index (κ2) is 8.19. The third-order valence-electron chi connectivity index (χ3n) is 4.53. The number of hydrogen-bond acceptors (Lipinski definition) is 7. The van der Waals surface area contributed by atoms with Gasteiger partial charge in [-0.15, -0.1) is 0 Å². The van der Waals surface area contributed by atoms with E-state index >= 15 is 0 Å². The number of likely N-dealkylation sites (tertiary alicyclic amines) is 1. The Labute approximate surface area is 156 Å². The summed E-state index contributed by atoms with van der Waals surface area (Å²) in [4.78, 5) is 23.9. The summed E-state index contributed by atoms with van der Waals surface area (Å²) >= 11 is 0. The summed E-state index contributed by atoms with van der Waals surface area (Å²) in [5, 5.41) is 11.4. The maximum absolute atomic E-state index is 12.7. The lowest BCUT2D eigenvalue weighted by Gasteiger charge is -2.27. The maximum atomic E-state index is 12.7. The quantitative estimate of drug-likeness (QED) is 0.516. The number of carbonyl (C=O) groups is 1. The van der Waals surface area contributed by atoms with Gasteiger partial charge in [-0.25, -0.2) is 8.42 Å². The van der Waals surface area contributed by atoms with Crippen LogP contribution in [0.2, 0.25) is 0 Å². The summed E-state index contributed by atoms with van der Waals surface area (Å²) < 4.78 is 37.2. The van der Waals surface area contributed by atoms with Crippen molar-refractivity contribution >= 4 is 21.6 Å². The van der Waals surface area contributed by atoms with Crippen LogP contribution in [0, 0.1) is 10.1 Å². The monoisotopic (exact) mass is 399 g/mol. The van der Waals surface area contributed by atoms with Crippen LogP contribution in [0.25, 0.3) is 0 Å². The molecule has 11 heteroatoms. The van der Waals surface area contributed by atoms with Gasteiger partial charge < -0.3 is 14.4 Å². The smallest absolute Gasteiger partial charge is 0.312 e. The Morgan fingerprint density at radius 3 is 2.59 bits per heavy atom. The van der Waals surface area contributed by atoms with Gasteiger partial charge in [0.15, 0.2) is 12.5 Å². The standard InChI is InChI=1S/C16H21N3O7S/c20-16-3-1-2-6-17(16)12-26-15-5-4-13(11-14(15)19(21)22)27(23,24)18-7-9-25-10-8-18/h4-5,11H,1-3,6-10,12H2. The number of sulfonamides is 1. The van der Waals surface area contributed by atoms with Crippen molar-refractivity contribution in [3.05, 3.63) is 28.3 Å². The second-order valence-electron chi connectivity index (χ2n) is 6.29. The minimum Gasteiger partial charge on any atom is -0.466 e. The molecule has 10 nitrogen and oxygen atoms in total. The summed E-state index contributed by atoms with van der Waals surface area (Å²) in [7, 11) is -3.85. The largest absolute Gasteiger partial charge is 0.466 e. The van der Waals surface area contributed by atoms with Gasteiger partial charge in [-0.1, -0.05) is 0 Å². The Kier molecular flexibility index (Phi) is 5.92. The molecule has 2 fully saturated rings. The molecule has 0 saturated carbocycles. The molecule has 0 spiro atoms. The van der Waals surface area contributed by atoms with Gasteiger partial charge in [-0.3, -0.25) is 14.9 Å². The second-order valence-corrected chi connectivity index (χ2v) is 8.23. The van der Waals surface area contributed by atoms with Gasteiger partial charge in [-0.05, 0) is 25.0 Å². The van der Waals surface area contributed by atoms with Crippen molar-refractivity contribution in [1.82, 2.24) is 9.21 Å². The van der Waals surface area contributed by atoms with E-state index in [4.69, 9.17) is 9.47 Å². The number of ether oxygens (including phenoxy) is 2. The number of rotatable bonds is 6. The first-order chi connectivity index (χ1) is 12.9. The number of morpholine rings is 1. The fourth-order valence-corrected chi connectivity index (χ4v) is 4.43. The molecule has 1 aromatic carbocycles. The summed E-state index contributed by atoms with van der Waals surface area (Å²) in [5.41, 5.74) is -0.450. The molecule has 1 aromatic rings. The number of carbonyl (C=O) groups excluding carboxylic acids is 1. The normalized spacial score (nSPS) is 19.1. The Morgan fingerprint density at radius 2 is 1.93 bits per heavy atom. The van der Waals surface area contributed by atoms with E-state index < -0.39 is 20.6 Å². The summed E-state index contributed by atoms with van der Waals surface area (Å²) in [6.45, 7) is 1.40. The molecule has 0 N–H and O–H groups in total. The van der Waals surface area contributed by atoms with E-state index in [9.17, 15) is 23.3 Å². The van der Waals surface area contributed by atoms with Gasteiger partial charge in [-0.2, -0.15) is 4.31 Å². The molecule has 2 aliphatic heterocycles. The van der Waals surface area contributed by atoms with Crippen LogP contribution in [-0.2, 0) is 19.6 Å². The minimum absolute atomic E-state index is 0.0598. The first kappa shape index (κ1) is 19.5. The zero-order valence-electron chi connectivity index (χ0n) is 14.7. The Hall–Kier alpha value is -2.24. The van der Waals surface area contributed by atoms with Crippen molar-refractivity contribution in [2.24, 2.45) is 0 Å². The number of nitro groups is 1. The molecule has 0 aliphatic carbocycles. The predicted molar refractivity (Wildman–Crippen MR) is 93.7 cm³/mol. The van der Waals surface area contributed by atoms with Gasteiger partial charge in [0, 0.05) is 32.1 Å². The molecule has 2 saturated heterocycles. The summed E-state index contributed by atoms with van der Waals surface area (Å²) in [6, 6.07) is 3.54. The lowest BCUT2D eigenvalue weighted by Crippen LogP contribution is -2.40. The molecule has 0 radical (unpaired) electrons. The third kappa shape index (κ3) is 4.37. The van der Waals surface area contributed by atoms with Crippen LogP contribution in [-0.4, -0.2) is 68.0 Å². The number of benzene rings is 1. The highest BCUT2D eigenvalue weighted by Crippen LogP contribution is 2.31. The molecule has 0 bridgehead atoms. The molecule has 27 heavy (non-hydrogen) atoms. The fraction of sp³-hybridized carbons (Fsp3) is 0.562. The number of amides is 1. The Bertz CT molecular complexity index is 821. The van der Waals surface area contributed by atoms with Crippen LogP contribution in [0.1, 0.15) is 19.3 Å². The van der Waals surface area contributed by atoms with Crippen molar-refractivity contribution < 1.29 is 27.6 Å². The van der Waals surface area contributed by atoms with Crippen LogP contribution < -0.4 is 4.74 Å². The minimum atomic E-state index is -3.85. The van der Waals surface area contributed by atoms with E-state index in [-0.39, 0.29) is 49.6 Å². The molecule has 148 valence electrons. The van der Waals surface area contributed by atoms with Gasteiger partial charge in [0.2, 0.25) is 15.9 Å². The number of piperidine rings is 1. The van der Waals surface area contributed by atoms with E-state index in [1.54, 1.807) is 0 Å². The van der Waals surface area contributed by atoms with Gasteiger partial charge in [0.1, 0.15) is 0 Å². The van der Waals surface area contributed by atoms with Crippen molar-refractivity contribution in [3.63, 3.8) is 0 Å². The fourth-order valence-electron chi connectivity index (χ4n) is 3.00. The van der Waals surface area contributed by atoms with Crippen LogP contribution >= 0.6 is 0 Å². The molecule has 0 unspecified atom stereocenters. The molecular formula is C16H21N3O7S. The first-order valence-corrected chi connectivity index (χ1v) is 10.1. The highest BCUT2D eigenvalue weighted by Gasteiger charge is 2.29. The van der Waals surface area contributed by atoms with Crippen LogP contribution in [0.3, 0.4) is 0 Å². The topological polar surface area (TPSA) is 119 Å². The number of hydrogen-bond donors (Lipinski definition) is 0. The predicted octanol–water partition coefficient (Wildman–Crippen LogP) is 0.964. The van der Waals surface area contributed by atoms with Crippen molar-refractivity contribution in [1.29, 1.82) is 0 Å². The number of nitrogens with zero attached hydrogens (tertiary/aromatic N) is 3. The average Bonchev–Trinajstić information content (AvgIpc) is 2.68. The van der Waals surface area contributed by atoms with Crippen LogP contribution in [0.15, 0.2) is 23.1 Å². The van der Waals surface area contributed by atoms with Crippen molar-refractivity contribution in [3.8, 4) is 5.75 Å². The van der Waals surface area contributed by atoms with Gasteiger partial charge in [0.05, 0.1) is 23.0 Å². The maximum Gasteiger partial charge on any atom is 0.312 e. The molecule has 2 heterocycles. The van der Waals surface area contributed by atoms with Crippen molar-refractivity contribution in [2.45, 2.75) is 24.2 Å². The number of nitro benzene ring substituents is 1. The van der Waals surface area contributed by atoms with E-state index in [0.29, 0.717) is 13.0 Å². The van der Waals surface area contributed by atoms with Crippen LogP contribution in [0.5, 0.6) is 5.75 Å². The molecule has 3 rings (SSSR count). The van der Waals surface area contributed by atoms with Crippen molar-refractivity contribution in [2.75, 3.05) is 39.6 Å². The molecule has 1 amide bonds. The molecule has 0 aromatic heterocycles. The third-order valence-corrected chi connectivity index (χ3v) is 6.43. The van der Waals surface area contributed by atoms with Gasteiger partial charge >= 0.3 is 5.69 Å². The zero-order chi connectivity index (χ0) is 19.4. The highest BCUT2D eigenvalue weighted by molar-refractivity contribution is 7.89. The first-order valence-electron chi connectivity index (χ1n) is 8.66. The zero-order valence-corrected chi connectivity index (χ0v) is 15.5. The summed E-state index contributed by atoms with van der Waals surface area (Å²) in [6.07, 6.45) is 2.11. The lowest BCUT2D eigenvalue weighted by atomic mass is 10.1. The molecular weight excluding hydrogens is 378 g/mol. The van der Waals surface area contributed by atoms with E-state index in [1.165, 1.54) is 21.3 Å². The molecule has 2 aliphatic rings. The lowest BCUT2D eigenvalue weighted by molar-refractivity contribution is -0.386. The molecule has 0 atom stereocenters. The van der Waals surface area contributed by atoms with Crippen LogP contribution in [0.4, 0.5) is 5.69 Å². The van der Waals surface area contributed by atoms with Gasteiger partial charge in [0.25, 0.3) is 0 Å². The van der Waals surface area contributed by atoms with E-state index in [1.807, 2.05) is 0 Å². The SMILES string of the molecule is O=C1CCCCN1COc1ccc(S(=O)(=O)N2CCOCC2)cc1[N+](=O)[O-].